The van der Waals surface area contributed by atoms with Crippen LogP contribution in [-0.4, -0.2) is 0 Å². The van der Waals surface area contributed by atoms with Crippen LogP contribution in [0.25, 0.3) is 0 Å². The smallest absolute Gasteiger partial charge is 0.0219 e. The fourth-order valence-electron chi connectivity index (χ4n) is 1.49. The third kappa shape index (κ3) is 9.38. The molecule has 0 fully saturated rings. The Labute approximate surface area is 125 Å². The Morgan fingerprint density at radius 1 is 0.700 bits per heavy atom. The van der Waals surface area contributed by atoms with E-state index in [1.807, 2.05) is 18.2 Å². The van der Waals surface area contributed by atoms with Gasteiger partial charge in [0.1, 0.15) is 0 Å². The van der Waals surface area contributed by atoms with Gasteiger partial charge in [0, 0.05) is 0 Å². The minimum absolute atomic E-state index is 0.653. The summed E-state index contributed by atoms with van der Waals surface area (Å²) in [6, 6.07) is 19.0. The second-order valence-electron chi connectivity index (χ2n) is 5.43. The highest BCUT2D eigenvalue weighted by Gasteiger charge is 1.95. The number of hydrogen-bond donors (Lipinski definition) is 0. The van der Waals surface area contributed by atoms with Gasteiger partial charge in [0.25, 0.3) is 0 Å². The molecule has 0 bridgehead atoms. The summed E-state index contributed by atoms with van der Waals surface area (Å²) in [5.74, 6) is 0.653. The Bertz CT molecular complexity index is 423. The molecule has 0 amide bonds. The zero-order valence-electron chi connectivity index (χ0n) is 14.0. The molecular formula is C20H30. The maximum atomic E-state index is 2.21. The Hall–Kier alpha value is -1.56. The number of hydrogen-bond acceptors (Lipinski definition) is 0. The summed E-state index contributed by atoms with van der Waals surface area (Å²) in [6.07, 6.45) is 1.25. The van der Waals surface area contributed by atoms with Gasteiger partial charge >= 0.3 is 0 Å². The average molecular weight is 270 g/mol. The second kappa shape index (κ2) is 11.3. The minimum atomic E-state index is 0.653. The molecule has 110 valence electrons. The zero-order chi connectivity index (χ0) is 15.4. The SMILES string of the molecule is CCC.Cc1ccc(C(C)C)cc1.Cc1ccccc1. The van der Waals surface area contributed by atoms with E-state index in [-0.39, 0.29) is 0 Å². The van der Waals surface area contributed by atoms with Gasteiger partial charge in [-0.25, -0.2) is 0 Å². The molecule has 20 heavy (non-hydrogen) atoms. The predicted molar refractivity (Wildman–Crippen MR) is 92.4 cm³/mol. The van der Waals surface area contributed by atoms with Gasteiger partial charge in [-0.2, -0.15) is 0 Å². The first-order chi connectivity index (χ1) is 9.51. The van der Waals surface area contributed by atoms with Crippen molar-refractivity contribution in [2.75, 3.05) is 0 Å². The lowest BCUT2D eigenvalue weighted by Gasteiger charge is -2.03. The van der Waals surface area contributed by atoms with E-state index >= 15 is 0 Å². The van der Waals surface area contributed by atoms with E-state index in [1.54, 1.807) is 0 Å². The Balaban J connectivity index is 0.000000315. The maximum absolute atomic E-state index is 2.21. The van der Waals surface area contributed by atoms with Crippen molar-refractivity contribution in [2.24, 2.45) is 0 Å². The lowest BCUT2D eigenvalue weighted by atomic mass is 10.0. The van der Waals surface area contributed by atoms with Gasteiger partial charge in [-0.3, -0.25) is 0 Å². The molecule has 0 aliphatic heterocycles. The highest BCUT2D eigenvalue weighted by atomic mass is 14.0. The van der Waals surface area contributed by atoms with Crippen molar-refractivity contribution in [3.05, 3.63) is 71.3 Å². The lowest BCUT2D eigenvalue weighted by molar-refractivity contribution is 0.866. The van der Waals surface area contributed by atoms with Gasteiger partial charge in [0.05, 0.1) is 0 Å². The van der Waals surface area contributed by atoms with Crippen LogP contribution in [0.3, 0.4) is 0 Å². The molecule has 0 aliphatic carbocycles. The van der Waals surface area contributed by atoms with Gasteiger partial charge in [-0.15, -0.1) is 0 Å². The second-order valence-corrected chi connectivity index (χ2v) is 5.43. The summed E-state index contributed by atoms with van der Waals surface area (Å²) in [5, 5.41) is 0. The minimum Gasteiger partial charge on any atom is -0.0656 e. The predicted octanol–water partition coefficient (Wildman–Crippen LogP) is 6.53. The molecule has 0 spiro atoms. The lowest BCUT2D eigenvalue weighted by Crippen LogP contribution is -1.85. The van der Waals surface area contributed by atoms with E-state index in [2.05, 4.69) is 77.9 Å². The van der Waals surface area contributed by atoms with E-state index in [0.29, 0.717) is 5.92 Å². The van der Waals surface area contributed by atoms with Crippen molar-refractivity contribution in [1.29, 1.82) is 0 Å². The van der Waals surface area contributed by atoms with E-state index in [0.717, 1.165) is 0 Å². The van der Waals surface area contributed by atoms with Crippen LogP contribution in [0.4, 0.5) is 0 Å². The van der Waals surface area contributed by atoms with E-state index in [4.69, 9.17) is 0 Å². The van der Waals surface area contributed by atoms with E-state index in [9.17, 15) is 0 Å². The van der Waals surface area contributed by atoms with Crippen molar-refractivity contribution in [1.82, 2.24) is 0 Å². The highest BCUT2D eigenvalue weighted by molar-refractivity contribution is 5.23. The quantitative estimate of drug-likeness (QED) is 0.552. The molecule has 0 N–H and O–H groups in total. The molecule has 0 atom stereocenters. The third-order valence-electron chi connectivity index (χ3n) is 2.68. The summed E-state index contributed by atoms with van der Waals surface area (Å²) in [5.41, 5.74) is 4.08. The van der Waals surface area contributed by atoms with Gasteiger partial charge in [0.15, 0.2) is 0 Å². The first-order valence-corrected chi connectivity index (χ1v) is 7.59. The van der Waals surface area contributed by atoms with Crippen LogP contribution < -0.4 is 0 Å². The molecule has 2 rings (SSSR count). The van der Waals surface area contributed by atoms with Crippen LogP contribution in [-0.2, 0) is 0 Å². The van der Waals surface area contributed by atoms with Crippen LogP contribution in [0.5, 0.6) is 0 Å². The normalized spacial score (nSPS) is 9.15. The summed E-state index contributed by atoms with van der Waals surface area (Å²) in [4.78, 5) is 0. The van der Waals surface area contributed by atoms with Crippen LogP contribution in [0.1, 0.15) is 56.7 Å². The van der Waals surface area contributed by atoms with E-state index in [1.165, 1.54) is 23.1 Å². The first-order valence-electron chi connectivity index (χ1n) is 7.59. The van der Waals surface area contributed by atoms with Gasteiger partial charge in [-0.05, 0) is 25.3 Å². The van der Waals surface area contributed by atoms with Crippen LogP contribution in [0.15, 0.2) is 54.6 Å². The van der Waals surface area contributed by atoms with Gasteiger partial charge in [-0.1, -0.05) is 99.8 Å². The molecule has 2 aromatic carbocycles. The molecule has 0 unspecified atom stereocenters. The summed E-state index contributed by atoms with van der Waals surface area (Å²) < 4.78 is 0. The van der Waals surface area contributed by atoms with Gasteiger partial charge < -0.3 is 0 Å². The third-order valence-corrected chi connectivity index (χ3v) is 2.68. The maximum Gasteiger partial charge on any atom is -0.0219 e. The van der Waals surface area contributed by atoms with Crippen molar-refractivity contribution < 1.29 is 0 Å². The standard InChI is InChI=1S/C10H14.C7H8.C3H8/c1-8(2)10-6-4-9(3)5-7-10;1-7-5-3-2-4-6-7;1-3-2/h4-8H,1-3H3;2-6H,1H3;3H2,1-2H3. The fourth-order valence-corrected chi connectivity index (χ4v) is 1.49. The topological polar surface area (TPSA) is 0 Å². The average Bonchev–Trinajstić information content (AvgIpc) is 2.41. The van der Waals surface area contributed by atoms with Crippen molar-refractivity contribution in [2.45, 2.75) is 53.9 Å². The highest BCUT2D eigenvalue weighted by Crippen LogP contribution is 2.13. The molecule has 0 aromatic heterocycles. The molecule has 2 aromatic rings. The zero-order valence-corrected chi connectivity index (χ0v) is 14.0. The van der Waals surface area contributed by atoms with Crippen LogP contribution in [0, 0.1) is 13.8 Å². The Kier molecular flexibility index (Phi) is 10.4. The largest absolute Gasteiger partial charge is 0.0656 e. The fraction of sp³-hybridized carbons (Fsp3) is 0.400. The Morgan fingerprint density at radius 3 is 1.40 bits per heavy atom. The van der Waals surface area contributed by atoms with Crippen molar-refractivity contribution in [3.8, 4) is 0 Å². The summed E-state index contributed by atoms with van der Waals surface area (Å²) >= 11 is 0. The molecule has 0 saturated heterocycles. The molecule has 0 saturated carbocycles. The molecular weight excluding hydrogens is 240 g/mol. The molecule has 0 radical (unpaired) electrons. The molecule has 0 nitrogen and oxygen atoms in total. The number of aryl methyl sites for hydroxylation is 2. The Morgan fingerprint density at radius 2 is 1.10 bits per heavy atom. The van der Waals surface area contributed by atoms with Crippen molar-refractivity contribution in [3.63, 3.8) is 0 Å². The summed E-state index contributed by atoms with van der Waals surface area (Å²) in [7, 11) is 0. The monoisotopic (exact) mass is 270 g/mol. The summed E-state index contributed by atoms with van der Waals surface area (Å²) in [6.45, 7) is 12.9. The molecule has 0 heteroatoms. The van der Waals surface area contributed by atoms with Crippen LogP contribution in [0.2, 0.25) is 0 Å². The van der Waals surface area contributed by atoms with Crippen LogP contribution >= 0.6 is 0 Å². The number of rotatable bonds is 1. The van der Waals surface area contributed by atoms with Gasteiger partial charge in [0.2, 0.25) is 0 Å². The molecule has 0 aliphatic rings. The molecule has 0 heterocycles. The van der Waals surface area contributed by atoms with E-state index < -0.39 is 0 Å². The number of benzene rings is 2. The van der Waals surface area contributed by atoms with Crippen molar-refractivity contribution >= 4 is 0 Å². The first kappa shape index (κ1) is 18.4.